The van der Waals surface area contributed by atoms with Crippen LogP contribution in [0.4, 0.5) is 13.2 Å². The molecule has 1 aromatic carbocycles. The predicted molar refractivity (Wildman–Crippen MR) is 52.2 cm³/mol. The van der Waals surface area contributed by atoms with E-state index in [9.17, 15) is 18.0 Å². The van der Waals surface area contributed by atoms with Crippen LogP contribution in [0.15, 0.2) is 18.2 Å². The highest BCUT2D eigenvalue weighted by Crippen LogP contribution is 2.27. The summed E-state index contributed by atoms with van der Waals surface area (Å²) in [6.07, 6.45) is -3.26. The maximum Gasteiger partial charge on any atom is 0.573 e. The number of hydrogen-bond donors (Lipinski definition) is 0. The van der Waals surface area contributed by atoms with Crippen LogP contribution in [0.5, 0.6) is 5.75 Å². The summed E-state index contributed by atoms with van der Waals surface area (Å²) in [5.41, 5.74) is 1.06. The molecule has 0 aliphatic carbocycles. The number of alkyl halides is 3. The summed E-state index contributed by atoms with van der Waals surface area (Å²) in [5.74, 6) is -0.212. The minimum Gasteiger partial charge on any atom is -0.406 e. The molecule has 1 rings (SSSR count). The molecule has 0 spiro atoms. The Morgan fingerprint density at radius 3 is 2.62 bits per heavy atom. The molecule has 88 valence electrons. The summed E-state index contributed by atoms with van der Waals surface area (Å²) in [6, 6.07) is 4.54. The topological polar surface area (TPSA) is 26.3 Å². The van der Waals surface area contributed by atoms with Crippen molar-refractivity contribution in [2.45, 2.75) is 26.1 Å². The zero-order chi connectivity index (χ0) is 12.2. The number of carbonyl (C=O) groups is 1. The van der Waals surface area contributed by atoms with E-state index < -0.39 is 6.36 Å². The Balaban J connectivity index is 2.86. The van der Waals surface area contributed by atoms with Gasteiger partial charge in [-0.05, 0) is 30.5 Å². The van der Waals surface area contributed by atoms with Gasteiger partial charge in [-0.25, -0.2) is 0 Å². The third-order valence-corrected chi connectivity index (χ3v) is 2.03. The molecule has 16 heavy (non-hydrogen) atoms. The van der Waals surface area contributed by atoms with Gasteiger partial charge in [0.15, 0.2) is 0 Å². The summed E-state index contributed by atoms with van der Waals surface area (Å²) in [4.78, 5) is 10.1. The molecule has 0 aromatic heterocycles. The van der Waals surface area contributed by atoms with Crippen LogP contribution < -0.4 is 4.74 Å². The second-order valence-corrected chi connectivity index (χ2v) is 3.35. The normalized spacial score (nSPS) is 11.2. The van der Waals surface area contributed by atoms with Crippen molar-refractivity contribution < 1.29 is 22.7 Å². The van der Waals surface area contributed by atoms with Crippen molar-refractivity contribution >= 4 is 6.29 Å². The number of rotatable bonds is 4. The van der Waals surface area contributed by atoms with Gasteiger partial charge in [-0.3, -0.25) is 0 Å². The molecule has 0 unspecified atom stereocenters. The van der Waals surface area contributed by atoms with Crippen molar-refractivity contribution in [3.05, 3.63) is 29.3 Å². The Kier molecular flexibility index (Phi) is 3.93. The lowest BCUT2D eigenvalue weighted by molar-refractivity contribution is -0.274. The average Bonchev–Trinajstić information content (AvgIpc) is 2.17. The Bertz CT molecular complexity index is 372. The molecule has 2 nitrogen and oxygen atoms in total. The zero-order valence-electron chi connectivity index (χ0n) is 8.67. The van der Waals surface area contributed by atoms with Crippen LogP contribution in [0, 0.1) is 6.92 Å². The standard InChI is InChI=1S/C11H11F3O2/c1-8-4-5-9(3-2-6-15)7-10(8)16-11(12,13)14/h4-7H,2-3H2,1H3. The lowest BCUT2D eigenvalue weighted by Crippen LogP contribution is -2.17. The van der Waals surface area contributed by atoms with E-state index in [4.69, 9.17) is 0 Å². The fourth-order valence-electron chi connectivity index (χ4n) is 1.26. The van der Waals surface area contributed by atoms with Gasteiger partial charge >= 0.3 is 6.36 Å². The molecule has 0 fully saturated rings. The van der Waals surface area contributed by atoms with Crippen molar-refractivity contribution in [3.63, 3.8) is 0 Å². The second-order valence-electron chi connectivity index (χ2n) is 3.35. The second kappa shape index (κ2) is 5.01. The molecular formula is C11H11F3O2. The third kappa shape index (κ3) is 3.92. The Morgan fingerprint density at radius 2 is 2.06 bits per heavy atom. The summed E-state index contributed by atoms with van der Waals surface area (Å²) < 4.78 is 39.9. The average molecular weight is 232 g/mol. The molecule has 0 aliphatic heterocycles. The van der Waals surface area contributed by atoms with Crippen molar-refractivity contribution in [2.75, 3.05) is 0 Å². The molecule has 0 aliphatic rings. The molecular weight excluding hydrogens is 221 g/mol. The first-order valence-electron chi connectivity index (χ1n) is 4.71. The molecule has 1 aromatic rings. The van der Waals surface area contributed by atoms with E-state index in [1.165, 1.54) is 13.0 Å². The fourth-order valence-corrected chi connectivity index (χ4v) is 1.26. The van der Waals surface area contributed by atoms with E-state index >= 15 is 0 Å². The Labute approximate surface area is 91.0 Å². The minimum atomic E-state index is -4.69. The van der Waals surface area contributed by atoms with E-state index in [1.807, 2.05) is 0 Å². The van der Waals surface area contributed by atoms with E-state index in [2.05, 4.69) is 4.74 Å². The molecule has 0 atom stereocenters. The SMILES string of the molecule is Cc1ccc(CCC=O)cc1OC(F)(F)F. The molecule has 0 N–H and O–H groups in total. The van der Waals surface area contributed by atoms with E-state index in [0.717, 1.165) is 6.29 Å². The Morgan fingerprint density at radius 1 is 1.38 bits per heavy atom. The van der Waals surface area contributed by atoms with Crippen LogP contribution in [0.3, 0.4) is 0 Å². The first kappa shape index (κ1) is 12.5. The van der Waals surface area contributed by atoms with Gasteiger partial charge in [-0.15, -0.1) is 13.2 Å². The molecule has 5 heteroatoms. The number of ether oxygens (including phenoxy) is 1. The van der Waals surface area contributed by atoms with Gasteiger partial charge in [0.25, 0.3) is 0 Å². The van der Waals surface area contributed by atoms with Crippen LogP contribution in [0.25, 0.3) is 0 Å². The van der Waals surface area contributed by atoms with Gasteiger partial charge in [0.1, 0.15) is 12.0 Å². The molecule has 0 saturated carbocycles. The van der Waals surface area contributed by atoms with Gasteiger partial charge in [0, 0.05) is 6.42 Å². The van der Waals surface area contributed by atoms with Crippen LogP contribution in [-0.4, -0.2) is 12.6 Å². The van der Waals surface area contributed by atoms with Crippen LogP contribution in [-0.2, 0) is 11.2 Å². The number of aldehydes is 1. The summed E-state index contributed by atoms with van der Waals surface area (Å²) in [5, 5.41) is 0. The highest BCUT2D eigenvalue weighted by molar-refractivity contribution is 5.50. The molecule has 0 heterocycles. The van der Waals surface area contributed by atoms with Gasteiger partial charge < -0.3 is 9.53 Å². The maximum atomic E-state index is 12.0. The van der Waals surface area contributed by atoms with Crippen molar-refractivity contribution in [1.82, 2.24) is 0 Å². The van der Waals surface area contributed by atoms with E-state index in [-0.39, 0.29) is 12.2 Å². The fraction of sp³-hybridized carbons (Fsp3) is 0.364. The minimum absolute atomic E-state index is 0.212. The smallest absolute Gasteiger partial charge is 0.406 e. The monoisotopic (exact) mass is 232 g/mol. The summed E-state index contributed by atoms with van der Waals surface area (Å²) in [6.45, 7) is 1.53. The van der Waals surface area contributed by atoms with Crippen molar-refractivity contribution in [3.8, 4) is 5.75 Å². The summed E-state index contributed by atoms with van der Waals surface area (Å²) in [7, 11) is 0. The quantitative estimate of drug-likeness (QED) is 0.746. The number of benzene rings is 1. The van der Waals surface area contributed by atoms with Crippen LogP contribution >= 0.6 is 0 Å². The number of carbonyl (C=O) groups excluding carboxylic acids is 1. The highest BCUT2D eigenvalue weighted by atomic mass is 19.4. The number of aryl methyl sites for hydroxylation is 2. The van der Waals surface area contributed by atoms with Gasteiger partial charge in [0.05, 0.1) is 0 Å². The largest absolute Gasteiger partial charge is 0.573 e. The summed E-state index contributed by atoms with van der Waals surface area (Å²) >= 11 is 0. The van der Waals surface area contributed by atoms with Gasteiger partial charge in [-0.2, -0.15) is 0 Å². The van der Waals surface area contributed by atoms with Gasteiger partial charge in [-0.1, -0.05) is 12.1 Å². The van der Waals surface area contributed by atoms with Crippen LogP contribution in [0.1, 0.15) is 17.5 Å². The number of halogens is 3. The van der Waals surface area contributed by atoms with E-state index in [0.29, 0.717) is 17.5 Å². The van der Waals surface area contributed by atoms with Gasteiger partial charge in [0.2, 0.25) is 0 Å². The lowest BCUT2D eigenvalue weighted by atomic mass is 10.1. The lowest BCUT2D eigenvalue weighted by Gasteiger charge is -2.12. The number of hydrogen-bond acceptors (Lipinski definition) is 2. The molecule has 0 saturated heterocycles. The Hall–Kier alpha value is -1.52. The predicted octanol–water partition coefficient (Wildman–Crippen LogP) is 3.03. The molecule has 0 radical (unpaired) electrons. The van der Waals surface area contributed by atoms with E-state index in [1.54, 1.807) is 12.1 Å². The highest BCUT2D eigenvalue weighted by Gasteiger charge is 2.31. The first-order chi connectivity index (χ1) is 7.42. The third-order valence-electron chi connectivity index (χ3n) is 2.03. The zero-order valence-corrected chi connectivity index (χ0v) is 8.67. The molecule has 0 amide bonds. The molecule has 0 bridgehead atoms. The van der Waals surface area contributed by atoms with Crippen molar-refractivity contribution in [1.29, 1.82) is 0 Å². The maximum absolute atomic E-state index is 12.0. The van der Waals surface area contributed by atoms with Crippen molar-refractivity contribution in [2.24, 2.45) is 0 Å². The first-order valence-corrected chi connectivity index (χ1v) is 4.71. The van der Waals surface area contributed by atoms with Crippen LogP contribution in [0.2, 0.25) is 0 Å².